The van der Waals surface area contributed by atoms with E-state index in [0.717, 1.165) is 40.8 Å². The molecule has 0 spiro atoms. The first-order valence-corrected chi connectivity index (χ1v) is 9.95. The molecule has 0 bridgehead atoms. The van der Waals surface area contributed by atoms with Gasteiger partial charge in [-0.1, -0.05) is 29.3 Å². The van der Waals surface area contributed by atoms with E-state index >= 15 is 0 Å². The number of halogens is 4. The van der Waals surface area contributed by atoms with E-state index in [0.29, 0.717) is 5.56 Å². The summed E-state index contributed by atoms with van der Waals surface area (Å²) in [6.07, 6.45) is -3.19. The van der Waals surface area contributed by atoms with E-state index in [1.807, 2.05) is 61.7 Å². The summed E-state index contributed by atoms with van der Waals surface area (Å²) < 4.78 is 40.9. The minimum Gasteiger partial charge on any atom is -0.320 e. The van der Waals surface area contributed by atoms with E-state index < -0.39 is 17.6 Å². The Hall–Kier alpha value is -3.50. The fraction of sp³-hybridized carbons (Fsp3) is 0.167. The predicted molar refractivity (Wildman–Crippen MR) is 119 cm³/mol. The number of hydrogen-bond acceptors (Lipinski definition) is 2. The molecule has 164 valence electrons. The largest absolute Gasteiger partial charge is 0.416 e. The first-order valence-electron chi connectivity index (χ1n) is 9.57. The molecule has 4 nitrogen and oxygen atoms in total. The molecule has 0 atom stereocenters. The van der Waals surface area contributed by atoms with Crippen LogP contribution in [0.4, 0.5) is 18.9 Å². The quantitative estimate of drug-likeness (QED) is 0.353. The Bertz CT molecular complexity index is 1250. The molecule has 3 aromatic rings. The molecule has 1 N–H and O–H groups in total. The Labute approximate surface area is 188 Å². The van der Waals surface area contributed by atoms with Gasteiger partial charge >= 0.3 is 6.18 Å². The van der Waals surface area contributed by atoms with Crippen molar-refractivity contribution in [3.05, 3.63) is 87.2 Å². The molecule has 0 aliphatic heterocycles. The lowest BCUT2D eigenvalue weighted by Gasteiger charge is -2.11. The summed E-state index contributed by atoms with van der Waals surface area (Å²) >= 11 is 5.94. The van der Waals surface area contributed by atoms with Gasteiger partial charge in [-0.05, 0) is 68.8 Å². The molecule has 1 heterocycles. The Morgan fingerprint density at radius 2 is 1.75 bits per heavy atom. The lowest BCUT2D eigenvalue weighted by Crippen LogP contribution is -2.15. The molecule has 3 rings (SSSR count). The molecule has 0 saturated heterocycles. The second-order valence-electron chi connectivity index (χ2n) is 7.31. The molecule has 0 saturated carbocycles. The van der Waals surface area contributed by atoms with E-state index in [2.05, 4.69) is 5.32 Å². The zero-order valence-corrected chi connectivity index (χ0v) is 18.3. The molecule has 0 aliphatic rings. The summed E-state index contributed by atoms with van der Waals surface area (Å²) in [6, 6.07) is 14.1. The van der Waals surface area contributed by atoms with E-state index in [4.69, 9.17) is 11.6 Å². The second-order valence-corrected chi connectivity index (χ2v) is 7.72. The number of aromatic nitrogens is 1. The van der Waals surface area contributed by atoms with Gasteiger partial charge in [-0.2, -0.15) is 18.4 Å². The number of nitriles is 1. The number of carbonyl (C=O) groups is 1. The highest BCUT2D eigenvalue weighted by atomic mass is 35.5. The van der Waals surface area contributed by atoms with Crippen molar-refractivity contribution in [2.45, 2.75) is 26.9 Å². The standard InChI is InChI=1S/C24H19ClF3N3O/c1-14-4-7-20(8-5-14)31-15(2)10-17(16(31)3)11-18(13-29)23(32)30-22-12-19(24(26,27)28)6-9-21(22)25/h4-12H,1-3H3,(H,30,32)/b18-11-. The highest BCUT2D eigenvalue weighted by Gasteiger charge is 2.31. The molecule has 0 fully saturated rings. The fourth-order valence-electron chi connectivity index (χ4n) is 3.32. The number of aryl methyl sites for hydroxylation is 2. The topological polar surface area (TPSA) is 57.8 Å². The van der Waals surface area contributed by atoms with Crippen LogP contribution in [0.3, 0.4) is 0 Å². The number of anilines is 1. The van der Waals surface area contributed by atoms with Crippen LogP contribution < -0.4 is 5.32 Å². The van der Waals surface area contributed by atoms with Gasteiger partial charge in [0.1, 0.15) is 11.6 Å². The third kappa shape index (κ3) is 4.87. The molecule has 2 aromatic carbocycles. The zero-order valence-electron chi connectivity index (χ0n) is 17.5. The summed E-state index contributed by atoms with van der Waals surface area (Å²) in [7, 11) is 0. The maximum Gasteiger partial charge on any atom is 0.416 e. The van der Waals surface area contributed by atoms with Crippen LogP contribution in [-0.4, -0.2) is 10.5 Å². The number of alkyl halides is 3. The van der Waals surface area contributed by atoms with Crippen molar-refractivity contribution in [3.63, 3.8) is 0 Å². The number of hydrogen-bond donors (Lipinski definition) is 1. The minimum atomic E-state index is -4.59. The van der Waals surface area contributed by atoms with Crippen molar-refractivity contribution in [2.75, 3.05) is 5.32 Å². The average Bonchev–Trinajstić information content (AvgIpc) is 3.00. The van der Waals surface area contributed by atoms with Crippen LogP contribution in [0.15, 0.2) is 54.1 Å². The number of amides is 1. The first-order chi connectivity index (χ1) is 15.0. The molecule has 1 aromatic heterocycles. The van der Waals surface area contributed by atoms with Gasteiger partial charge < -0.3 is 9.88 Å². The Kier molecular flexibility index (Phi) is 6.47. The summed E-state index contributed by atoms with van der Waals surface area (Å²) in [5.41, 5.74) is 2.96. The van der Waals surface area contributed by atoms with E-state index in [1.54, 1.807) is 0 Å². The van der Waals surface area contributed by atoms with Crippen molar-refractivity contribution in [1.82, 2.24) is 4.57 Å². The first kappa shape index (κ1) is 23.2. The summed E-state index contributed by atoms with van der Waals surface area (Å²) in [5.74, 6) is -0.853. The van der Waals surface area contributed by atoms with Gasteiger partial charge in [0.05, 0.1) is 16.3 Å². The zero-order chi connectivity index (χ0) is 23.6. The molecule has 0 aliphatic carbocycles. The normalized spacial score (nSPS) is 11.9. The molecular formula is C24H19ClF3N3O. The Morgan fingerprint density at radius 3 is 2.34 bits per heavy atom. The lowest BCUT2D eigenvalue weighted by atomic mass is 10.1. The van der Waals surface area contributed by atoms with Crippen LogP contribution >= 0.6 is 11.6 Å². The summed E-state index contributed by atoms with van der Waals surface area (Å²) in [5, 5.41) is 11.7. The lowest BCUT2D eigenvalue weighted by molar-refractivity contribution is -0.137. The van der Waals surface area contributed by atoms with Gasteiger partial charge in [0.15, 0.2) is 0 Å². The maximum absolute atomic E-state index is 13.0. The number of benzene rings is 2. The van der Waals surface area contributed by atoms with Crippen LogP contribution in [0.5, 0.6) is 0 Å². The van der Waals surface area contributed by atoms with Crippen LogP contribution in [-0.2, 0) is 11.0 Å². The number of nitrogens with zero attached hydrogens (tertiary/aromatic N) is 2. The smallest absolute Gasteiger partial charge is 0.320 e. The predicted octanol–water partition coefficient (Wildman–Crippen LogP) is 6.62. The summed E-state index contributed by atoms with van der Waals surface area (Å²) in [4.78, 5) is 12.6. The number of carbonyl (C=O) groups excluding carboxylic acids is 1. The van der Waals surface area contributed by atoms with Gasteiger partial charge in [0.25, 0.3) is 5.91 Å². The monoisotopic (exact) mass is 457 g/mol. The van der Waals surface area contributed by atoms with Gasteiger partial charge in [0.2, 0.25) is 0 Å². The van der Waals surface area contributed by atoms with E-state index in [1.165, 1.54) is 6.08 Å². The molecule has 8 heteroatoms. The number of rotatable bonds is 4. The molecular weight excluding hydrogens is 439 g/mol. The minimum absolute atomic E-state index is 0.0683. The average molecular weight is 458 g/mol. The highest BCUT2D eigenvalue weighted by Crippen LogP contribution is 2.34. The van der Waals surface area contributed by atoms with Crippen LogP contribution in [0.25, 0.3) is 11.8 Å². The van der Waals surface area contributed by atoms with Crippen molar-refractivity contribution >= 4 is 29.3 Å². The van der Waals surface area contributed by atoms with Crippen molar-refractivity contribution in [1.29, 1.82) is 5.26 Å². The fourth-order valence-corrected chi connectivity index (χ4v) is 3.48. The van der Waals surface area contributed by atoms with Gasteiger partial charge in [-0.25, -0.2) is 0 Å². The van der Waals surface area contributed by atoms with E-state index in [-0.39, 0.29) is 16.3 Å². The Morgan fingerprint density at radius 1 is 1.09 bits per heavy atom. The third-order valence-corrected chi connectivity index (χ3v) is 5.30. The summed E-state index contributed by atoms with van der Waals surface area (Å²) in [6.45, 7) is 5.75. The van der Waals surface area contributed by atoms with Crippen molar-refractivity contribution < 1.29 is 18.0 Å². The van der Waals surface area contributed by atoms with E-state index in [9.17, 15) is 23.2 Å². The maximum atomic E-state index is 13.0. The SMILES string of the molecule is Cc1ccc(-n2c(C)cc(/C=C(/C#N)C(=O)Nc3cc(C(F)(F)F)ccc3Cl)c2C)cc1. The van der Waals surface area contributed by atoms with Crippen molar-refractivity contribution in [2.24, 2.45) is 0 Å². The molecule has 0 radical (unpaired) electrons. The van der Waals surface area contributed by atoms with Crippen LogP contribution in [0.1, 0.15) is 28.1 Å². The van der Waals surface area contributed by atoms with Crippen LogP contribution in [0.2, 0.25) is 5.02 Å². The molecule has 0 unspecified atom stereocenters. The van der Waals surface area contributed by atoms with Gasteiger partial charge in [-0.15, -0.1) is 0 Å². The van der Waals surface area contributed by atoms with Gasteiger partial charge in [0, 0.05) is 17.1 Å². The Balaban J connectivity index is 1.94. The van der Waals surface area contributed by atoms with Crippen LogP contribution in [0, 0.1) is 32.1 Å². The third-order valence-electron chi connectivity index (χ3n) is 4.97. The molecule has 1 amide bonds. The van der Waals surface area contributed by atoms with Gasteiger partial charge in [-0.3, -0.25) is 4.79 Å². The van der Waals surface area contributed by atoms with Crippen molar-refractivity contribution in [3.8, 4) is 11.8 Å². The molecule has 32 heavy (non-hydrogen) atoms. The second kappa shape index (κ2) is 8.93. The highest BCUT2D eigenvalue weighted by molar-refractivity contribution is 6.34. The number of nitrogens with one attached hydrogen (secondary N) is 1.